The Labute approximate surface area is 142 Å². The topological polar surface area (TPSA) is 77.8 Å². The molecule has 2 rings (SSSR count). The van der Waals surface area contributed by atoms with E-state index in [0.29, 0.717) is 5.82 Å². The Morgan fingerprint density at radius 2 is 2.04 bits per heavy atom. The van der Waals surface area contributed by atoms with Crippen molar-refractivity contribution in [3.63, 3.8) is 0 Å². The number of carbonyl (C=O) groups excluding carboxylic acids is 1. The van der Waals surface area contributed by atoms with Crippen LogP contribution in [0.15, 0.2) is 54.4 Å². The molecule has 1 amide bonds. The highest BCUT2D eigenvalue weighted by atomic mass is 16.1. The molecule has 0 saturated carbocycles. The van der Waals surface area contributed by atoms with E-state index < -0.39 is 5.91 Å². The van der Waals surface area contributed by atoms with Crippen LogP contribution in [0.4, 0.5) is 11.5 Å². The summed E-state index contributed by atoms with van der Waals surface area (Å²) >= 11 is 0. The zero-order valence-electron chi connectivity index (χ0n) is 14.0. The van der Waals surface area contributed by atoms with Crippen molar-refractivity contribution >= 4 is 17.4 Å². The first-order valence-corrected chi connectivity index (χ1v) is 7.71. The van der Waals surface area contributed by atoms with Crippen LogP contribution in [0.5, 0.6) is 0 Å². The second kappa shape index (κ2) is 7.93. The van der Waals surface area contributed by atoms with Gasteiger partial charge in [-0.15, -0.1) is 0 Å². The molecule has 0 aliphatic heterocycles. The van der Waals surface area contributed by atoms with E-state index in [1.165, 1.54) is 6.20 Å². The summed E-state index contributed by atoms with van der Waals surface area (Å²) in [7, 11) is 0. The quantitative estimate of drug-likeness (QED) is 0.645. The lowest BCUT2D eigenvalue weighted by atomic mass is 9.98. The van der Waals surface area contributed by atoms with Crippen LogP contribution in [0.3, 0.4) is 0 Å². The molecule has 2 N–H and O–H groups in total. The third kappa shape index (κ3) is 4.20. The van der Waals surface area contributed by atoms with Crippen molar-refractivity contribution in [3.8, 4) is 6.07 Å². The van der Waals surface area contributed by atoms with Crippen LogP contribution in [-0.2, 0) is 4.79 Å². The van der Waals surface area contributed by atoms with Crippen molar-refractivity contribution in [3.05, 3.63) is 65.5 Å². The summed E-state index contributed by atoms with van der Waals surface area (Å²) in [5, 5.41) is 15.0. The maximum absolute atomic E-state index is 12.4. The summed E-state index contributed by atoms with van der Waals surface area (Å²) in [6.45, 7) is 6.06. The van der Waals surface area contributed by atoms with E-state index in [2.05, 4.69) is 29.5 Å². The number of nitrogens with zero attached hydrogens (tertiary/aromatic N) is 2. The lowest BCUT2D eigenvalue weighted by Crippen LogP contribution is -2.17. The molecule has 0 radical (unpaired) electrons. The van der Waals surface area contributed by atoms with E-state index in [-0.39, 0.29) is 11.5 Å². The molecule has 5 heteroatoms. The van der Waals surface area contributed by atoms with E-state index in [1.807, 2.05) is 37.3 Å². The average Bonchev–Trinajstić information content (AvgIpc) is 2.58. The standard InChI is InChI=1S/C19H20N4O/c1-13(2)16-8-6-7-14(3)18(16)23-19(24)15(11-20)12-22-17-9-4-5-10-21-17/h4-10,12-13H,1-3H3,(H,21,22)(H,23,24)/b15-12-. The number of carbonyl (C=O) groups is 1. The van der Waals surface area contributed by atoms with E-state index in [0.717, 1.165) is 16.8 Å². The van der Waals surface area contributed by atoms with Crippen LogP contribution in [0.1, 0.15) is 30.9 Å². The number of nitriles is 1. The zero-order chi connectivity index (χ0) is 17.5. The molecular weight excluding hydrogens is 300 g/mol. The number of hydrogen-bond acceptors (Lipinski definition) is 4. The third-order valence-electron chi connectivity index (χ3n) is 3.56. The monoisotopic (exact) mass is 320 g/mol. The molecule has 24 heavy (non-hydrogen) atoms. The van der Waals surface area contributed by atoms with Gasteiger partial charge in [0.15, 0.2) is 0 Å². The Hall–Kier alpha value is -3.13. The second-order valence-electron chi connectivity index (χ2n) is 5.68. The molecule has 1 heterocycles. The van der Waals surface area contributed by atoms with E-state index in [1.54, 1.807) is 18.3 Å². The molecule has 1 aromatic carbocycles. The van der Waals surface area contributed by atoms with Gasteiger partial charge >= 0.3 is 0 Å². The summed E-state index contributed by atoms with van der Waals surface area (Å²) < 4.78 is 0. The lowest BCUT2D eigenvalue weighted by Gasteiger charge is -2.16. The predicted molar refractivity (Wildman–Crippen MR) is 95.5 cm³/mol. The van der Waals surface area contributed by atoms with Crippen LogP contribution in [0.2, 0.25) is 0 Å². The number of benzene rings is 1. The maximum atomic E-state index is 12.4. The number of aryl methyl sites for hydroxylation is 1. The highest BCUT2D eigenvalue weighted by Gasteiger charge is 2.15. The maximum Gasteiger partial charge on any atom is 0.267 e. The van der Waals surface area contributed by atoms with Gasteiger partial charge in [-0.3, -0.25) is 4.79 Å². The normalized spacial score (nSPS) is 11.0. The Balaban J connectivity index is 2.20. The molecule has 0 spiro atoms. The number of rotatable bonds is 5. The Kier molecular flexibility index (Phi) is 5.69. The molecule has 1 aromatic heterocycles. The van der Waals surface area contributed by atoms with Gasteiger partial charge in [0.2, 0.25) is 0 Å². The fraction of sp³-hybridized carbons (Fsp3) is 0.211. The Bertz CT molecular complexity index is 789. The average molecular weight is 320 g/mol. The Morgan fingerprint density at radius 3 is 2.67 bits per heavy atom. The van der Waals surface area contributed by atoms with Gasteiger partial charge < -0.3 is 10.6 Å². The number of anilines is 2. The minimum atomic E-state index is -0.447. The second-order valence-corrected chi connectivity index (χ2v) is 5.68. The summed E-state index contributed by atoms with van der Waals surface area (Å²) in [4.78, 5) is 16.5. The molecule has 122 valence electrons. The van der Waals surface area contributed by atoms with E-state index >= 15 is 0 Å². The number of aromatic nitrogens is 1. The fourth-order valence-corrected chi connectivity index (χ4v) is 2.27. The van der Waals surface area contributed by atoms with Crippen molar-refractivity contribution in [2.24, 2.45) is 0 Å². The number of nitrogens with one attached hydrogen (secondary N) is 2. The van der Waals surface area contributed by atoms with Gasteiger partial charge in [-0.1, -0.05) is 38.1 Å². The van der Waals surface area contributed by atoms with E-state index in [9.17, 15) is 10.1 Å². The van der Waals surface area contributed by atoms with Gasteiger partial charge in [-0.2, -0.15) is 5.26 Å². The van der Waals surface area contributed by atoms with Crippen molar-refractivity contribution in [2.45, 2.75) is 26.7 Å². The molecule has 5 nitrogen and oxygen atoms in total. The molecule has 0 fully saturated rings. The van der Waals surface area contributed by atoms with Gasteiger partial charge in [0.1, 0.15) is 17.5 Å². The van der Waals surface area contributed by atoms with Crippen LogP contribution in [-0.4, -0.2) is 10.9 Å². The highest BCUT2D eigenvalue weighted by Crippen LogP contribution is 2.27. The molecule has 0 unspecified atom stereocenters. The first-order valence-electron chi connectivity index (χ1n) is 7.71. The Morgan fingerprint density at radius 1 is 1.25 bits per heavy atom. The van der Waals surface area contributed by atoms with Crippen molar-refractivity contribution in [1.82, 2.24) is 4.98 Å². The number of amides is 1. The van der Waals surface area contributed by atoms with Gasteiger partial charge in [-0.25, -0.2) is 4.98 Å². The molecule has 2 aromatic rings. The lowest BCUT2D eigenvalue weighted by molar-refractivity contribution is -0.112. The van der Waals surface area contributed by atoms with Gasteiger partial charge in [0.05, 0.1) is 0 Å². The van der Waals surface area contributed by atoms with Gasteiger partial charge in [0.25, 0.3) is 5.91 Å². The van der Waals surface area contributed by atoms with Crippen molar-refractivity contribution < 1.29 is 4.79 Å². The highest BCUT2D eigenvalue weighted by molar-refractivity contribution is 6.07. The SMILES string of the molecule is Cc1cccc(C(C)C)c1NC(=O)/C(C#N)=C\Nc1ccccn1. The number of pyridine rings is 1. The number of para-hydroxylation sites is 1. The third-order valence-corrected chi connectivity index (χ3v) is 3.56. The molecule has 0 bridgehead atoms. The first-order chi connectivity index (χ1) is 11.5. The summed E-state index contributed by atoms with van der Waals surface area (Å²) in [5.74, 6) is 0.385. The minimum Gasteiger partial charge on any atom is -0.345 e. The molecular formula is C19H20N4O. The fourth-order valence-electron chi connectivity index (χ4n) is 2.27. The van der Waals surface area contributed by atoms with Crippen LogP contribution in [0, 0.1) is 18.3 Å². The van der Waals surface area contributed by atoms with E-state index in [4.69, 9.17) is 0 Å². The molecule has 0 atom stereocenters. The molecule has 0 saturated heterocycles. The van der Waals surface area contributed by atoms with Crippen LogP contribution >= 0.6 is 0 Å². The van der Waals surface area contributed by atoms with Crippen molar-refractivity contribution in [2.75, 3.05) is 10.6 Å². The summed E-state index contributed by atoms with van der Waals surface area (Å²) in [5.41, 5.74) is 2.75. The molecule has 0 aliphatic carbocycles. The smallest absolute Gasteiger partial charge is 0.267 e. The summed E-state index contributed by atoms with van der Waals surface area (Å²) in [6, 6.07) is 13.2. The minimum absolute atomic E-state index is 0.0152. The first kappa shape index (κ1) is 17.2. The van der Waals surface area contributed by atoms with Crippen LogP contribution < -0.4 is 10.6 Å². The zero-order valence-corrected chi connectivity index (χ0v) is 14.0. The number of hydrogen-bond donors (Lipinski definition) is 2. The van der Waals surface area contributed by atoms with Crippen LogP contribution in [0.25, 0.3) is 0 Å². The molecule has 0 aliphatic rings. The summed E-state index contributed by atoms with van der Waals surface area (Å²) in [6.07, 6.45) is 3.00. The van der Waals surface area contributed by atoms with Crippen molar-refractivity contribution in [1.29, 1.82) is 5.26 Å². The van der Waals surface area contributed by atoms with Gasteiger partial charge in [-0.05, 0) is 36.1 Å². The predicted octanol–water partition coefficient (Wildman–Crippen LogP) is 3.97. The van der Waals surface area contributed by atoms with Gasteiger partial charge in [0, 0.05) is 18.1 Å². The largest absolute Gasteiger partial charge is 0.345 e.